The fourth-order valence-corrected chi connectivity index (χ4v) is 5.29. The van der Waals surface area contributed by atoms with Gasteiger partial charge in [-0.05, 0) is 38.5 Å². The van der Waals surface area contributed by atoms with Crippen LogP contribution in [0.4, 0.5) is 5.00 Å². The summed E-state index contributed by atoms with van der Waals surface area (Å²) in [7, 11) is 0. The van der Waals surface area contributed by atoms with Crippen LogP contribution in [0.3, 0.4) is 0 Å². The Morgan fingerprint density at radius 2 is 2.09 bits per heavy atom. The van der Waals surface area contributed by atoms with Crippen molar-refractivity contribution in [3.63, 3.8) is 0 Å². The Hall–Kier alpha value is -4.07. The second-order valence-corrected chi connectivity index (χ2v) is 9.25. The van der Waals surface area contributed by atoms with Gasteiger partial charge in [0.1, 0.15) is 27.2 Å². The SMILES string of the molecule is CCOC(=O)c1c(N/C=C(/C#N)c2nc(-c3cc4ccccc4oc3=O)cs2)sc(C(C)=O)c1C. The minimum atomic E-state index is -0.553. The van der Waals surface area contributed by atoms with E-state index in [1.54, 1.807) is 37.4 Å². The Morgan fingerprint density at radius 1 is 1.31 bits per heavy atom. The Balaban J connectivity index is 1.68. The van der Waals surface area contributed by atoms with Crippen molar-refractivity contribution in [3.05, 3.63) is 73.3 Å². The van der Waals surface area contributed by atoms with Crippen molar-refractivity contribution in [1.29, 1.82) is 5.26 Å². The first-order chi connectivity index (χ1) is 16.8. The van der Waals surface area contributed by atoms with Crippen LogP contribution in [-0.2, 0) is 4.74 Å². The lowest BCUT2D eigenvalue weighted by atomic mass is 10.1. The first kappa shape index (κ1) is 24.1. The highest BCUT2D eigenvalue weighted by molar-refractivity contribution is 7.18. The number of allylic oxidation sites excluding steroid dienone is 1. The van der Waals surface area contributed by atoms with Gasteiger partial charge in [0.2, 0.25) is 0 Å². The number of esters is 1. The molecular formula is C25H19N3O5S2. The Labute approximate surface area is 208 Å². The fraction of sp³-hybridized carbons (Fsp3) is 0.160. The third-order valence-electron chi connectivity index (χ3n) is 5.07. The lowest BCUT2D eigenvalue weighted by molar-refractivity contribution is 0.0527. The average Bonchev–Trinajstić information content (AvgIpc) is 3.44. The smallest absolute Gasteiger partial charge is 0.345 e. The molecule has 0 aliphatic carbocycles. The third kappa shape index (κ3) is 4.77. The topological polar surface area (TPSA) is 122 Å². The van der Waals surface area contributed by atoms with Crippen molar-refractivity contribution in [3.8, 4) is 17.3 Å². The molecule has 0 fully saturated rings. The molecule has 0 spiro atoms. The van der Waals surface area contributed by atoms with E-state index in [1.807, 2.05) is 12.1 Å². The standard InChI is InChI=1S/C25H19N3O5S2/c1-4-32-25(31)20-13(2)21(14(3)29)35-23(20)27-11-16(10-26)22-28-18(12-34-22)17-9-15-7-5-6-8-19(15)33-24(17)30/h5-9,11-12,27H,4H2,1-3H3/b16-11-. The maximum absolute atomic E-state index is 12.5. The minimum absolute atomic E-state index is 0.172. The summed E-state index contributed by atoms with van der Waals surface area (Å²) in [5.74, 6) is -0.725. The number of aromatic nitrogens is 1. The van der Waals surface area contributed by atoms with Crippen LogP contribution in [0.5, 0.6) is 0 Å². The predicted octanol–water partition coefficient (Wildman–Crippen LogP) is 5.64. The zero-order chi connectivity index (χ0) is 25.1. The lowest BCUT2D eigenvalue weighted by Gasteiger charge is -2.05. The molecule has 0 unspecified atom stereocenters. The summed E-state index contributed by atoms with van der Waals surface area (Å²) in [6.07, 6.45) is 1.42. The van der Waals surface area contributed by atoms with Gasteiger partial charge in [0, 0.05) is 17.0 Å². The number of thiazole rings is 1. The van der Waals surface area contributed by atoms with Crippen LogP contribution in [0.1, 0.15) is 44.4 Å². The number of anilines is 1. The molecule has 3 heterocycles. The fourth-order valence-electron chi connectivity index (χ4n) is 3.44. The molecule has 0 atom stereocenters. The monoisotopic (exact) mass is 505 g/mol. The van der Waals surface area contributed by atoms with Gasteiger partial charge in [-0.3, -0.25) is 4.79 Å². The van der Waals surface area contributed by atoms with E-state index in [9.17, 15) is 19.6 Å². The number of fused-ring (bicyclic) bond motifs is 1. The molecule has 1 N–H and O–H groups in total. The predicted molar refractivity (Wildman–Crippen MR) is 136 cm³/mol. The Morgan fingerprint density at radius 3 is 2.80 bits per heavy atom. The second kappa shape index (κ2) is 10.0. The Bertz CT molecular complexity index is 1590. The molecule has 0 saturated carbocycles. The van der Waals surface area contributed by atoms with E-state index in [4.69, 9.17) is 9.15 Å². The molecule has 0 saturated heterocycles. The van der Waals surface area contributed by atoms with Gasteiger partial charge in [-0.25, -0.2) is 14.6 Å². The molecule has 0 radical (unpaired) electrons. The number of hydrogen-bond acceptors (Lipinski definition) is 10. The van der Waals surface area contributed by atoms with E-state index in [2.05, 4.69) is 16.4 Å². The number of ether oxygens (including phenoxy) is 1. The van der Waals surface area contributed by atoms with Gasteiger partial charge in [-0.1, -0.05) is 18.2 Å². The highest BCUT2D eigenvalue weighted by atomic mass is 32.1. The number of carbonyl (C=O) groups is 2. The van der Waals surface area contributed by atoms with E-state index < -0.39 is 11.6 Å². The zero-order valence-electron chi connectivity index (χ0n) is 19.0. The molecule has 8 nitrogen and oxygen atoms in total. The molecule has 4 aromatic rings. The maximum Gasteiger partial charge on any atom is 0.345 e. The van der Waals surface area contributed by atoms with Gasteiger partial charge < -0.3 is 14.5 Å². The normalized spacial score (nSPS) is 11.3. The summed E-state index contributed by atoms with van der Waals surface area (Å²) in [6.45, 7) is 4.99. The molecule has 10 heteroatoms. The molecule has 0 aliphatic heterocycles. The van der Waals surface area contributed by atoms with Crippen molar-refractivity contribution in [2.45, 2.75) is 20.8 Å². The lowest BCUT2D eigenvalue weighted by Crippen LogP contribution is -2.08. The molecule has 0 bridgehead atoms. The van der Waals surface area contributed by atoms with E-state index in [0.717, 1.165) is 16.7 Å². The maximum atomic E-state index is 12.5. The number of rotatable bonds is 7. The Kier molecular flexibility index (Phi) is 6.91. The van der Waals surface area contributed by atoms with E-state index >= 15 is 0 Å². The van der Waals surface area contributed by atoms with Crippen LogP contribution in [0.15, 0.2) is 51.1 Å². The van der Waals surface area contributed by atoms with Gasteiger partial charge in [0.15, 0.2) is 5.78 Å². The number of benzene rings is 1. The van der Waals surface area contributed by atoms with Gasteiger partial charge >= 0.3 is 11.6 Å². The number of nitrogens with zero attached hydrogens (tertiary/aromatic N) is 2. The van der Waals surface area contributed by atoms with Crippen molar-refractivity contribution in [1.82, 2.24) is 4.98 Å². The largest absolute Gasteiger partial charge is 0.462 e. The van der Waals surface area contributed by atoms with Crippen LogP contribution in [0.25, 0.3) is 27.8 Å². The van der Waals surface area contributed by atoms with Crippen LogP contribution >= 0.6 is 22.7 Å². The van der Waals surface area contributed by atoms with E-state index in [1.165, 1.54) is 24.5 Å². The van der Waals surface area contributed by atoms with Crippen LogP contribution in [0.2, 0.25) is 0 Å². The minimum Gasteiger partial charge on any atom is -0.462 e. The summed E-state index contributed by atoms with van der Waals surface area (Å²) in [6, 6.07) is 11.0. The molecule has 4 rings (SSSR count). The number of para-hydroxylation sites is 1. The summed E-state index contributed by atoms with van der Waals surface area (Å²) >= 11 is 2.31. The van der Waals surface area contributed by atoms with Gasteiger partial charge in [0.05, 0.1) is 28.3 Å². The first-order valence-corrected chi connectivity index (χ1v) is 12.2. The second-order valence-electron chi connectivity index (χ2n) is 7.37. The molecule has 0 amide bonds. The highest BCUT2D eigenvalue weighted by Crippen LogP contribution is 2.35. The average molecular weight is 506 g/mol. The number of hydrogen-bond donors (Lipinski definition) is 1. The van der Waals surface area contributed by atoms with E-state index in [0.29, 0.717) is 37.3 Å². The highest BCUT2D eigenvalue weighted by Gasteiger charge is 2.24. The first-order valence-electron chi connectivity index (χ1n) is 10.5. The quantitative estimate of drug-likeness (QED) is 0.148. The number of thiophene rings is 1. The summed E-state index contributed by atoms with van der Waals surface area (Å²) in [4.78, 5) is 41.8. The number of nitriles is 1. The molecule has 176 valence electrons. The molecular weight excluding hydrogens is 486 g/mol. The molecule has 0 aliphatic rings. The molecule has 35 heavy (non-hydrogen) atoms. The molecule has 1 aromatic carbocycles. The van der Waals surface area contributed by atoms with Gasteiger partial charge in [0.25, 0.3) is 0 Å². The van der Waals surface area contributed by atoms with Crippen molar-refractivity contribution in [2.75, 3.05) is 11.9 Å². The van der Waals surface area contributed by atoms with Crippen LogP contribution in [-0.4, -0.2) is 23.3 Å². The van der Waals surface area contributed by atoms with Crippen LogP contribution in [0, 0.1) is 18.3 Å². The van der Waals surface area contributed by atoms with Gasteiger partial charge in [-0.15, -0.1) is 22.7 Å². The summed E-state index contributed by atoms with van der Waals surface area (Å²) in [5.41, 5.74) is 1.61. The van der Waals surface area contributed by atoms with Crippen molar-refractivity contribution < 1.29 is 18.7 Å². The number of ketones is 1. The summed E-state index contributed by atoms with van der Waals surface area (Å²) in [5, 5.41) is 15.9. The number of Topliss-reactive ketones (excluding diaryl/α,β-unsaturated/α-hetero) is 1. The van der Waals surface area contributed by atoms with Crippen molar-refractivity contribution >= 4 is 56.0 Å². The van der Waals surface area contributed by atoms with Crippen LogP contribution < -0.4 is 10.9 Å². The number of nitrogens with one attached hydrogen (secondary N) is 1. The zero-order valence-corrected chi connectivity index (χ0v) is 20.6. The van der Waals surface area contributed by atoms with E-state index in [-0.39, 0.29) is 23.5 Å². The third-order valence-corrected chi connectivity index (χ3v) is 7.27. The summed E-state index contributed by atoms with van der Waals surface area (Å²) < 4.78 is 10.5. The van der Waals surface area contributed by atoms with Crippen molar-refractivity contribution in [2.24, 2.45) is 0 Å². The van der Waals surface area contributed by atoms with Gasteiger partial charge in [-0.2, -0.15) is 5.26 Å². The molecule has 3 aromatic heterocycles. The number of carbonyl (C=O) groups excluding carboxylic acids is 2.